The number of likely N-dealkylation sites (tertiary alicyclic amines) is 1. The van der Waals surface area contributed by atoms with Crippen molar-refractivity contribution in [2.45, 2.75) is 39.2 Å². The summed E-state index contributed by atoms with van der Waals surface area (Å²) in [6.45, 7) is 5.39. The van der Waals surface area contributed by atoms with Crippen LogP contribution in [0.3, 0.4) is 0 Å². The molecule has 0 radical (unpaired) electrons. The molecular weight excluding hydrogens is 361 g/mol. The Morgan fingerprint density at radius 3 is 2.79 bits per heavy atom. The number of aromatic nitrogens is 3. The molecule has 0 atom stereocenters. The molecule has 2 aromatic heterocycles. The minimum absolute atomic E-state index is 0.0977. The molecule has 1 aromatic carbocycles. The quantitative estimate of drug-likeness (QED) is 0.749. The van der Waals surface area contributed by atoms with E-state index >= 15 is 0 Å². The zero-order chi connectivity index (χ0) is 19.7. The summed E-state index contributed by atoms with van der Waals surface area (Å²) in [6, 6.07) is 6.26. The summed E-state index contributed by atoms with van der Waals surface area (Å²) < 4.78 is 18.6. The number of nitrogens with zero attached hydrogens (tertiary/aromatic N) is 4. The first-order valence-electron chi connectivity index (χ1n) is 9.38. The first-order valence-corrected chi connectivity index (χ1v) is 9.38. The maximum absolute atomic E-state index is 13.3. The number of halogens is 1. The Morgan fingerprint density at radius 2 is 2.04 bits per heavy atom. The summed E-state index contributed by atoms with van der Waals surface area (Å²) in [6.07, 6.45) is 1.58. The van der Waals surface area contributed by atoms with Crippen molar-refractivity contribution in [1.82, 2.24) is 25.3 Å². The van der Waals surface area contributed by atoms with Gasteiger partial charge in [0, 0.05) is 36.2 Å². The fraction of sp³-hybridized carbons (Fsp3) is 0.400. The minimum Gasteiger partial charge on any atom is -0.356 e. The summed E-state index contributed by atoms with van der Waals surface area (Å²) in [7, 11) is 0. The van der Waals surface area contributed by atoms with Gasteiger partial charge in [0.25, 0.3) is 0 Å². The lowest BCUT2D eigenvalue weighted by Gasteiger charge is -2.31. The van der Waals surface area contributed by atoms with Crippen molar-refractivity contribution in [2.75, 3.05) is 13.1 Å². The van der Waals surface area contributed by atoms with Gasteiger partial charge in [0.1, 0.15) is 11.6 Å². The lowest BCUT2D eigenvalue weighted by molar-refractivity contribution is 0.180. The summed E-state index contributed by atoms with van der Waals surface area (Å²) in [5.74, 6) is 0.559. The maximum Gasteiger partial charge on any atom is 0.317 e. The number of carbonyl (C=O) groups excluding carboxylic acids is 1. The summed E-state index contributed by atoms with van der Waals surface area (Å²) in [5.41, 5.74) is 3.00. The largest absolute Gasteiger partial charge is 0.356 e. The van der Waals surface area contributed by atoms with Gasteiger partial charge >= 0.3 is 6.03 Å². The molecule has 0 aliphatic carbocycles. The van der Waals surface area contributed by atoms with Crippen LogP contribution in [0.15, 0.2) is 28.8 Å². The Balaban J connectivity index is 1.35. The minimum atomic E-state index is -0.337. The van der Waals surface area contributed by atoms with Crippen LogP contribution in [0.4, 0.5) is 9.18 Å². The van der Waals surface area contributed by atoms with Crippen molar-refractivity contribution in [3.63, 3.8) is 0 Å². The van der Waals surface area contributed by atoms with Crippen molar-refractivity contribution in [3.05, 3.63) is 53.0 Å². The van der Waals surface area contributed by atoms with Gasteiger partial charge in [-0.2, -0.15) is 0 Å². The molecule has 28 heavy (non-hydrogen) atoms. The molecule has 0 spiro atoms. The van der Waals surface area contributed by atoms with E-state index in [1.54, 1.807) is 11.0 Å². The first kappa shape index (κ1) is 18.3. The Kier molecular flexibility index (Phi) is 4.93. The predicted octanol–water partition coefficient (Wildman–Crippen LogP) is 3.46. The number of benzene rings is 1. The normalized spacial score (nSPS) is 15.2. The molecule has 8 heteroatoms. The number of fused-ring (bicyclic) bond motifs is 1. The van der Waals surface area contributed by atoms with Crippen LogP contribution in [0.1, 0.15) is 41.7 Å². The fourth-order valence-electron chi connectivity index (χ4n) is 3.74. The lowest BCUT2D eigenvalue weighted by atomic mass is 9.92. The highest BCUT2D eigenvalue weighted by molar-refractivity contribution is 5.80. The van der Waals surface area contributed by atoms with Crippen LogP contribution in [-0.2, 0) is 6.54 Å². The Hall–Kier alpha value is -3.03. The predicted molar refractivity (Wildman–Crippen MR) is 101 cm³/mol. The number of amides is 2. The van der Waals surface area contributed by atoms with E-state index in [2.05, 4.69) is 20.4 Å². The van der Waals surface area contributed by atoms with Gasteiger partial charge in [-0.1, -0.05) is 5.16 Å². The van der Waals surface area contributed by atoms with E-state index in [9.17, 15) is 9.18 Å². The van der Waals surface area contributed by atoms with Gasteiger partial charge < -0.3 is 14.7 Å². The molecule has 4 rings (SSSR count). The molecule has 1 N–H and O–H groups in total. The molecule has 0 unspecified atom stereocenters. The molecule has 3 heterocycles. The standard InChI is InChI=1S/C20H22FN5O2/c1-12-9-16(24-13(2)23-12)11-22-20(27)26-7-5-14(6-8-26)19-17-4-3-15(21)10-18(17)28-25-19/h3-4,9-10,14H,5-8,11H2,1-2H3,(H,22,27). The van der Waals surface area contributed by atoms with E-state index in [1.165, 1.54) is 12.1 Å². The van der Waals surface area contributed by atoms with Crippen molar-refractivity contribution >= 4 is 17.0 Å². The van der Waals surface area contributed by atoms with Crippen LogP contribution < -0.4 is 5.32 Å². The van der Waals surface area contributed by atoms with Crippen molar-refractivity contribution in [2.24, 2.45) is 0 Å². The number of hydrogen-bond donors (Lipinski definition) is 1. The second kappa shape index (κ2) is 7.53. The Bertz CT molecular complexity index is 991. The second-order valence-electron chi connectivity index (χ2n) is 7.18. The molecular formula is C20H22FN5O2. The van der Waals surface area contributed by atoms with Crippen LogP contribution in [0.25, 0.3) is 11.0 Å². The van der Waals surface area contributed by atoms with Gasteiger partial charge in [-0.05, 0) is 44.9 Å². The van der Waals surface area contributed by atoms with E-state index in [-0.39, 0.29) is 17.8 Å². The highest BCUT2D eigenvalue weighted by atomic mass is 19.1. The van der Waals surface area contributed by atoms with Crippen LogP contribution in [0, 0.1) is 19.7 Å². The van der Waals surface area contributed by atoms with E-state index < -0.39 is 0 Å². The van der Waals surface area contributed by atoms with E-state index in [0.717, 1.165) is 35.3 Å². The number of carbonyl (C=O) groups is 1. The van der Waals surface area contributed by atoms with E-state index in [4.69, 9.17) is 4.52 Å². The van der Waals surface area contributed by atoms with Gasteiger partial charge in [0.15, 0.2) is 5.58 Å². The molecule has 1 saturated heterocycles. The second-order valence-corrected chi connectivity index (χ2v) is 7.18. The highest BCUT2D eigenvalue weighted by Crippen LogP contribution is 2.32. The number of rotatable bonds is 3. The molecule has 1 fully saturated rings. The van der Waals surface area contributed by atoms with Crippen LogP contribution in [0.2, 0.25) is 0 Å². The van der Waals surface area contributed by atoms with Crippen molar-refractivity contribution < 1.29 is 13.7 Å². The molecule has 0 saturated carbocycles. The number of nitrogens with one attached hydrogen (secondary N) is 1. The van der Waals surface area contributed by atoms with Gasteiger partial charge in [0.05, 0.1) is 17.9 Å². The molecule has 1 aliphatic rings. The monoisotopic (exact) mass is 383 g/mol. The number of hydrogen-bond acceptors (Lipinski definition) is 5. The maximum atomic E-state index is 13.3. The smallest absolute Gasteiger partial charge is 0.317 e. The van der Waals surface area contributed by atoms with Gasteiger partial charge in [-0.3, -0.25) is 0 Å². The summed E-state index contributed by atoms with van der Waals surface area (Å²) >= 11 is 0. The van der Waals surface area contributed by atoms with E-state index in [1.807, 2.05) is 19.9 Å². The van der Waals surface area contributed by atoms with Crippen molar-refractivity contribution in [1.29, 1.82) is 0 Å². The zero-order valence-corrected chi connectivity index (χ0v) is 15.9. The topological polar surface area (TPSA) is 84.2 Å². The zero-order valence-electron chi connectivity index (χ0n) is 15.9. The molecule has 2 amide bonds. The number of piperidine rings is 1. The molecule has 3 aromatic rings. The van der Waals surface area contributed by atoms with E-state index in [0.29, 0.717) is 31.0 Å². The highest BCUT2D eigenvalue weighted by Gasteiger charge is 2.27. The molecule has 146 valence electrons. The number of urea groups is 1. The Labute approximate surface area is 161 Å². The van der Waals surface area contributed by atoms with Crippen LogP contribution in [0.5, 0.6) is 0 Å². The summed E-state index contributed by atoms with van der Waals surface area (Å²) in [4.78, 5) is 22.9. The van der Waals surface area contributed by atoms with Crippen LogP contribution >= 0.6 is 0 Å². The van der Waals surface area contributed by atoms with Crippen LogP contribution in [-0.4, -0.2) is 39.1 Å². The van der Waals surface area contributed by atoms with Crippen molar-refractivity contribution in [3.8, 4) is 0 Å². The lowest BCUT2D eigenvalue weighted by Crippen LogP contribution is -2.44. The molecule has 7 nitrogen and oxygen atoms in total. The average molecular weight is 383 g/mol. The number of aryl methyl sites for hydroxylation is 2. The summed E-state index contributed by atoms with van der Waals surface area (Å²) in [5, 5.41) is 7.92. The third kappa shape index (κ3) is 3.81. The third-order valence-corrected chi connectivity index (χ3v) is 5.07. The third-order valence-electron chi connectivity index (χ3n) is 5.07. The van der Waals surface area contributed by atoms with Gasteiger partial charge in [-0.15, -0.1) is 0 Å². The molecule has 0 bridgehead atoms. The average Bonchev–Trinajstić information content (AvgIpc) is 3.08. The Morgan fingerprint density at radius 1 is 1.25 bits per heavy atom. The van der Waals surface area contributed by atoms with Gasteiger partial charge in [-0.25, -0.2) is 19.2 Å². The first-order chi connectivity index (χ1) is 13.5. The fourth-order valence-corrected chi connectivity index (χ4v) is 3.74. The SMILES string of the molecule is Cc1cc(CNC(=O)N2CCC(c3noc4cc(F)ccc34)CC2)nc(C)n1. The molecule has 1 aliphatic heterocycles. The van der Waals surface area contributed by atoms with Gasteiger partial charge in [0.2, 0.25) is 0 Å².